The average molecular weight is 373 g/mol. The van der Waals surface area contributed by atoms with Crippen LogP contribution in [0.1, 0.15) is 5.56 Å². The topological polar surface area (TPSA) is 0 Å². The van der Waals surface area contributed by atoms with Gasteiger partial charge in [0, 0.05) is 14.7 Å². The molecule has 0 heterocycles. The minimum absolute atomic E-state index is 1.20. The lowest BCUT2D eigenvalue weighted by molar-refractivity contribution is 1.40. The molecule has 0 unspecified atom stereocenters. The van der Waals surface area contributed by atoms with Crippen LogP contribution in [-0.4, -0.2) is 0 Å². The normalized spacial score (nSPS) is 11.7. The van der Waals surface area contributed by atoms with Crippen LogP contribution < -0.4 is 0 Å². The summed E-state index contributed by atoms with van der Waals surface area (Å²) >= 11 is 3.50. The highest BCUT2D eigenvalue weighted by molar-refractivity contribution is 8.02. The van der Waals surface area contributed by atoms with Crippen molar-refractivity contribution >= 4 is 29.6 Å². The van der Waals surface area contributed by atoms with Crippen LogP contribution in [0.4, 0.5) is 0 Å². The zero-order valence-corrected chi connectivity index (χ0v) is 16.0. The maximum Gasteiger partial charge on any atom is 0.0122 e. The zero-order chi connectivity index (χ0) is 17.9. The molecule has 3 rings (SSSR count). The van der Waals surface area contributed by atoms with Crippen LogP contribution in [0.15, 0.2) is 129 Å². The number of benzene rings is 3. The average Bonchev–Trinajstić information content (AvgIpc) is 2.70. The maximum absolute atomic E-state index is 2.16. The smallest absolute Gasteiger partial charge is 0.0122 e. The van der Waals surface area contributed by atoms with E-state index in [1.807, 2.05) is 18.2 Å². The first kappa shape index (κ1) is 18.4. The molecule has 0 saturated heterocycles. The highest BCUT2D eigenvalue weighted by Gasteiger charge is 1.95. The van der Waals surface area contributed by atoms with Gasteiger partial charge in [0.15, 0.2) is 0 Å². The van der Waals surface area contributed by atoms with Crippen molar-refractivity contribution in [1.29, 1.82) is 0 Å². The second-order valence-electron chi connectivity index (χ2n) is 5.49. The number of allylic oxidation sites excluding steroid dienone is 4. The Labute approximate surface area is 164 Å². The summed E-state index contributed by atoms with van der Waals surface area (Å²) in [5, 5.41) is 2.09. The van der Waals surface area contributed by atoms with Crippen molar-refractivity contribution in [2.75, 3.05) is 0 Å². The Morgan fingerprint density at radius 1 is 0.500 bits per heavy atom. The molecule has 0 aliphatic carbocycles. The monoisotopic (exact) mass is 372 g/mol. The molecular formula is C24H20S2. The van der Waals surface area contributed by atoms with E-state index in [0.29, 0.717) is 0 Å². The molecule has 26 heavy (non-hydrogen) atoms. The first-order chi connectivity index (χ1) is 12.9. The standard InChI is InChI=1S/C24H20S2/c1(2-10-20-25-22-12-6-3-7-13-22)5-11-21-16-18-24(19-17-21)26-23-14-8-4-9-15-23/h1-20H/b2-1-,11-5-,20-10+. The van der Waals surface area contributed by atoms with Crippen molar-refractivity contribution in [2.24, 2.45) is 0 Å². The van der Waals surface area contributed by atoms with Crippen molar-refractivity contribution in [1.82, 2.24) is 0 Å². The largest absolute Gasteiger partial charge is 0.0981 e. The highest BCUT2D eigenvalue weighted by Crippen LogP contribution is 2.27. The van der Waals surface area contributed by atoms with E-state index in [1.54, 1.807) is 23.5 Å². The summed E-state index contributed by atoms with van der Waals surface area (Å²) in [6, 6.07) is 29.4. The van der Waals surface area contributed by atoms with Crippen molar-refractivity contribution in [3.8, 4) is 0 Å². The molecule has 0 amide bonds. The van der Waals surface area contributed by atoms with Crippen molar-refractivity contribution in [3.05, 3.63) is 120 Å². The van der Waals surface area contributed by atoms with Crippen LogP contribution in [0.25, 0.3) is 6.08 Å². The number of hydrogen-bond acceptors (Lipinski definition) is 2. The molecule has 0 radical (unpaired) electrons. The van der Waals surface area contributed by atoms with Crippen LogP contribution >= 0.6 is 23.5 Å². The van der Waals surface area contributed by atoms with Crippen LogP contribution in [0.5, 0.6) is 0 Å². The van der Waals surface area contributed by atoms with Crippen molar-refractivity contribution in [2.45, 2.75) is 14.7 Å². The lowest BCUT2D eigenvalue weighted by Crippen LogP contribution is -1.75. The van der Waals surface area contributed by atoms with E-state index in [0.717, 1.165) is 0 Å². The fourth-order valence-corrected chi connectivity index (χ4v) is 3.71. The van der Waals surface area contributed by atoms with Gasteiger partial charge in [-0.25, -0.2) is 0 Å². The third-order valence-electron chi connectivity index (χ3n) is 3.51. The lowest BCUT2D eigenvalue weighted by atomic mass is 10.2. The van der Waals surface area contributed by atoms with Gasteiger partial charge in [0.25, 0.3) is 0 Å². The highest BCUT2D eigenvalue weighted by atomic mass is 32.2. The molecular weight excluding hydrogens is 352 g/mol. The lowest BCUT2D eigenvalue weighted by Gasteiger charge is -2.01. The van der Waals surface area contributed by atoms with Crippen molar-refractivity contribution in [3.63, 3.8) is 0 Å². The number of thioether (sulfide) groups is 1. The molecule has 3 aromatic carbocycles. The summed E-state index contributed by atoms with van der Waals surface area (Å²) in [6.45, 7) is 0. The van der Waals surface area contributed by atoms with Gasteiger partial charge in [0.1, 0.15) is 0 Å². The summed E-state index contributed by atoms with van der Waals surface area (Å²) < 4.78 is 0. The molecule has 0 fully saturated rings. The second-order valence-corrected chi connectivity index (χ2v) is 7.61. The molecule has 0 spiro atoms. The van der Waals surface area contributed by atoms with Crippen LogP contribution in [0.3, 0.4) is 0 Å². The summed E-state index contributed by atoms with van der Waals surface area (Å²) in [5.41, 5.74) is 1.20. The van der Waals surface area contributed by atoms with Gasteiger partial charge in [-0.15, -0.1) is 0 Å². The Hall–Kier alpha value is -2.42. The SMILES string of the molecule is C(/C=C\c1ccc(Sc2ccccc2)cc1)=C/C=C/Sc1ccccc1. The van der Waals surface area contributed by atoms with Gasteiger partial charge in [-0.05, 0) is 47.4 Å². The predicted octanol–water partition coefficient (Wildman–Crippen LogP) is 7.71. The molecule has 0 saturated carbocycles. The van der Waals surface area contributed by atoms with Gasteiger partial charge in [0.05, 0.1) is 0 Å². The molecule has 0 atom stereocenters. The molecule has 0 bridgehead atoms. The Morgan fingerprint density at radius 3 is 1.77 bits per heavy atom. The Bertz CT molecular complexity index is 861. The van der Waals surface area contributed by atoms with Gasteiger partial charge in [-0.1, -0.05) is 102 Å². The molecule has 0 aromatic heterocycles. The number of hydrogen-bond donors (Lipinski definition) is 0. The zero-order valence-electron chi connectivity index (χ0n) is 14.4. The van der Waals surface area contributed by atoms with Gasteiger partial charge < -0.3 is 0 Å². The van der Waals surface area contributed by atoms with Crippen LogP contribution in [0.2, 0.25) is 0 Å². The minimum atomic E-state index is 1.20. The molecule has 3 aromatic rings. The third-order valence-corrected chi connectivity index (χ3v) is 5.36. The van der Waals surface area contributed by atoms with E-state index in [1.165, 1.54) is 20.2 Å². The molecule has 0 aliphatic rings. The van der Waals surface area contributed by atoms with Gasteiger partial charge in [-0.3, -0.25) is 0 Å². The molecule has 0 nitrogen and oxygen atoms in total. The van der Waals surface area contributed by atoms with E-state index in [2.05, 4.69) is 103 Å². The fourth-order valence-electron chi connectivity index (χ4n) is 2.23. The van der Waals surface area contributed by atoms with E-state index < -0.39 is 0 Å². The summed E-state index contributed by atoms with van der Waals surface area (Å²) in [4.78, 5) is 3.77. The van der Waals surface area contributed by atoms with E-state index >= 15 is 0 Å². The first-order valence-electron chi connectivity index (χ1n) is 8.45. The molecule has 128 valence electrons. The van der Waals surface area contributed by atoms with Gasteiger partial charge >= 0.3 is 0 Å². The fraction of sp³-hybridized carbons (Fsp3) is 0. The van der Waals surface area contributed by atoms with E-state index in [4.69, 9.17) is 0 Å². The van der Waals surface area contributed by atoms with E-state index in [-0.39, 0.29) is 0 Å². The summed E-state index contributed by atoms with van der Waals surface area (Å²) in [5.74, 6) is 0. The van der Waals surface area contributed by atoms with Crippen LogP contribution in [0, 0.1) is 0 Å². The minimum Gasteiger partial charge on any atom is -0.0981 e. The molecule has 0 aliphatic heterocycles. The van der Waals surface area contributed by atoms with Crippen LogP contribution in [-0.2, 0) is 0 Å². The van der Waals surface area contributed by atoms with E-state index in [9.17, 15) is 0 Å². The summed E-state index contributed by atoms with van der Waals surface area (Å²) in [7, 11) is 0. The Kier molecular flexibility index (Phi) is 7.45. The third kappa shape index (κ3) is 6.47. The second kappa shape index (κ2) is 10.5. The van der Waals surface area contributed by atoms with Gasteiger partial charge in [0.2, 0.25) is 0 Å². The summed E-state index contributed by atoms with van der Waals surface area (Å²) in [6.07, 6.45) is 10.3. The van der Waals surface area contributed by atoms with Gasteiger partial charge in [-0.2, -0.15) is 0 Å². The number of rotatable bonds is 7. The Balaban J connectivity index is 1.46. The maximum atomic E-state index is 2.16. The molecule has 0 N–H and O–H groups in total. The molecule has 2 heteroatoms. The predicted molar refractivity (Wildman–Crippen MR) is 117 cm³/mol. The van der Waals surface area contributed by atoms with Crippen molar-refractivity contribution < 1.29 is 0 Å². The first-order valence-corrected chi connectivity index (χ1v) is 10.1. The quantitative estimate of drug-likeness (QED) is 0.307. The Morgan fingerprint density at radius 2 is 1.08 bits per heavy atom.